The van der Waals surface area contributed by atoms with Gasteiger partial charge in [-0.25, -0.2) is 18.4 Å². The van der Waals surface area contributed by atoms with Crippen LogP contribution in [0.15, 0.2) is 72.8 Å². The number of amides is 2. The lowest BCUT2D eigenvalue weighted by Crippen LogP contribution is -2.32. The maximum Gasteiger partial charge on any atom is 0.415 e. The highest BCUT2D eigenvalue weighted by atomic mass is 19.1. The van der Waals surface area contributed by atoms with Gasteiger partial charge < -0.3 is 14.6 Å². The standard InChI is InChI=1S/C23H18F2N2O5/c24-15-3-7-17(8-4-15)26-22(29)31-13-20-21(14-1-11-19(28)12-2-14)27(23(30)32-20)18-9-5-16(25)6-10-18/h1-12,20-21,28H,13H2,(H,26,29). The minimum absolute atomic E-state index is 0.0406. The average molecular weight is 440 g/mol. The van der Waals surface area contributed by atoms with E-state index in [-0.39, 0.29) is 12.4 Å². The van der Waals surface area contributed by atoms with Gasteiger partial charge in [0.25, 0.3) is 0 Å². The van der Waals surface area contributed by atoms with Crippen LogP contribution in [0.5, 0.6) is 5.75 Å². The fraction of sp³-hybridized carbons (Fsp3) is 0.130. The first kappa shape index (κ1) is 21.1. The Hall–Kier alpha value is -4.14. The highest BCUT2D eigenvalue weighted by Gasteiger charge is 2.44. The van der Waals surface area contributed by atoms with E-state index in [9.17, 15) is 23.5 Å². The van der Waals surface area contributed by atoms with Crippen molar-refractivity contribution in [1.82, 2.24) is 0 Å². The highest BCUT2D eigenvalue weighted by molar-refractivity contribution is 5.91. The molecule has 0 radical (unpaired) electrons. The number of benzene rings is 3. The molecular formula is C23H18F2N2O5. The molecule has 1 aliphatic heterocycles. The van der Waals surface area contributed by atoms with Crippen LogP contribution in [0, 0.1) is 11.6 Å². The zero-order chi connectivity index (χ0) is 22.7. The molecule has 2 atom stereocenters. The highest BCUT2D eigenvalue weighted by Crippen LogP contribution is 2.38. The maximum atomic E-state index is 13.4. The molecule has 0 aliphatic carbocycles. The quantitative estimate of drug-likeness (QED) is 0.584. The Morgan fingerprint density at radius 3 is 2.19 bits per heavy atom. The molecule has 0 aromatic heterocycles. The molecule has 2 amide bonds. The number of cyclic esters (lactones) is 1. The van der Waals surface area contributed by atoms with Gasteiger partial charge in [-0.3, -0.25) is 10.2 Å². The minimum atomic E-state index is -0.879. The number of nitrogens with one attached hydrogen (secondary N) is 1. The van der Waals surface area contributed by atoms with Crippen molar-refractivity contribution in [2.45, 2.75) is 12.1 Å². The van der Waals surface area contributed by atoms with Crippen molar-refractivity contribution in [1.29, 1.82) is 0 Å². The van der Waals surface area contributed by atoms with E-state index < -0.39 is 36.0 Å². The molecular weight excluding hydrogens is 422 g/mol. The first-order valence-electron chi connectivity index (χ1n) is 9.64. The molecule has 9 heteroatoms. The molecule has 1 aliphatic rings. The first-order chi connectivity index (χ1) is 15.4. The molecule has 0 spiro atoms. The molecule has 0 bridgehead atoms. The molecule has 7 nitrogen and oxygen atoms in total. The number of anilines is 2. The fourth-order valence-corrected chi connectivity index (χ4v) is 3.40. The third-order valence-electron chi connectivity index (χ3n) is 4.89. The zero-order valence-electron chi connectivity index (χ0n) is 16.6. The van der Waals surface area contributed by atoms with E-state index in [0.717, 1.165) is 0 Å². The number of aromatic hydroxyl groups is 1. The van der Waals surface area contributed by atoms with Gasteiger partial charge in [-0.2, -0.15) is 0 Å². The Bertz CT molecular complexity index is 1100. The second-order valence-electron chi connectivity index (χ2n) is 7.04. The smallest absolute Gasteiger partial charge is 0.415 e. The van der Waals surface area contributed by atoms with Crippen LogP contribution in [0.3, 0.4) is 0 Å². The summed E-state index contributed by atoms with van der Waals surface area (Å²) in [5.41, 5.74) is 1.35. The van der Waals surface area contributed by atoms with Crippen LogP contribution in [-0.2, 0) is 9.47 Å². The molecule has 2 N–H and O–H groups in total. The number of nitrogens with zero attached hydrogens (tertiary/aromatic N) is 1. The normalized spacial score (nSPS) is 17.7. The number of ether oxygens (including phenoxy) is 2. The van der Waals surface area contributed by atoms with Crippen LogP contribution in [-0.4, -0.2) is 30.0 Å². The summed E-state index contributed by atoms with van der Waals surface area (Å²) in [6.45, 7) is -0.276. The van der Waals surface area contributed by atoms with E-state index in [1.807, 2.05) is 0 Å². The van der Waals surface area contributed by atoms with Gasteiger partial charge in [-0.1, -0.05) is 12.1 Å². The van der Waals surface area contributed by atoms with E-state index in [4.69, 9.17) is 9.47 Å². The van der Waals surface area contributed by atoms with Crippen LogP contribution < -0.4 is 10.2 Å². The second kappa shape index (κ2) is 8.93. The van der Waals surface area contributed by atoms with Crippen molar-refractivity contribution in [3.05, 3.63) is 90.0 Å². The number of hydrogen-bond donors (Lipinski definition) is 2. The summed E-state index contributed by atoms with van der Waals surface area (Å²) in [6.07, 6.45) is -2.38. The topological polar surface area (TPSA) is 88.1 Å². The van der Waals surface area contributed by atoms with Gasteiger partial charge in [0.15, 0.2) is 6.10 Å². The number of halogens is 2. The van der Waals surface area contributed by atoms with Crippen LogP contribution in [0.25, 0.3) is 0 Å². The van der Waals surface area contributed by atoms with Crippen LogP contribution >= 0.6 is 0 Å². The molecule has 3 aromatic carbocycles. The number of carbonyl (C=O) groups excluding carboxylic acids is 2. The summed E-state index contributed by atoms with van der Waals surface area (Å²) in [6, 6.07) is 15.9. The third kappa shape index (κ3) is 4.61. The van der Waals surface area contributed by atoms with Crippen molar-refractivity contribution in [2.75, 3.05) is 16.8 Å². The van der Waals surface area contributed by atoms with Crippen molar-refractivity contribution in [2.24, 2.45) is 0 Å². The van der Waals surface area contributed by atoms with Gasteiger partial charge in [0.05, 0.1) is 0 Å². The van der Waals surface area contributed by atoms with Gasteiger partial charge in [0, 0.05) is 11.4 Å². The van der Waals surface area contributed by atoms with Crippen LogP contribution in [0.4, 0.5) is 29.7 Å². The van der Waals surface area contributed by atoms with E-state index in [1.54, 1.807) is 12.1 Å². The average Bonchev–Trinajstić information content (AvgIpc) is 3.11. The van der Waals surface area contributed by atoms with Gasteiger partial charge in [-0.15, -0.1) is 0 Å². The van der Waals surface area contributed by atoms with Gasteiger partial charge in [0.2, 0.25) is 0 Å². The predicted octanol–water partition coefficient (Wildman–Crippen LogP) is 4.99. The number of rotatable bonds is 5. The maximum absolute atomic E-state index is 13.4. The van der Waals surface area contributed by atoms with Crippen molar-refractivity contribution >= 4 is 23.6 Å². The van der Waals surface area contributed by atoms with Crippen molar-refractivity contribution in [3.8, 4) is 5.75 Å². The van der Waals surface area contributed by atoms with Crippen LogP contribution in [0.2, 0.25) is 0 Å². The monoisotopic (exact) mass is 440 g/mol. The third-order valence-corrected chi connectivity index (χ3v) is 4.89. The molecule has 4 rings (SSSR count). The SMILES string of the molecule is O=C(Nc1ccc(F)cc1)OCC1OC(=O)N(c2ccc(F)cc2)C1c1ccc(O)cc1. The van der Waals surface area contributed by atoms with Gasteiger partial charge >= 0.3 is 12.2 Å². The Balaban J connectivity index is 1.53. The van der Waals surface area contributed by atoms with Gasteiger partial charge in [-0.05, 0) is 66.2 Å². The molecule has 0 saturated carbocycles. The summed E-state index contributed by atoms with van der Waals surface area (Å²) in [5.74, 6) is -0.863. The Labute approximate surface area is 181 Å². The lowest BCUT2D eigenvalue weighted by Gasteiger charge is -2.25. The Morgan fingerprint density at radius 2 is 1.56 bits per heavy atom. The summed E-state index contributed by atoms with van der Waals surface area (Å²) >= 11 is 0. The number of phenolic OH excluding ortho intramolecular Hbond substituents is 1. The van der Waals surface area contributed by atoms with E-state index in [1.165, 1.54) is 65.6 Å². The molecule has 164 valence electrons. The Morgan fingerprint density at radius 1 is 0.969 bits per heavy atom. The molecule has 1 saturated heterocycles. The fourth-order valence-electron chi connectivity index (χ4n) is 3.40. The second-order valence-corrected chi connectivity index (χ2v) is 7.04. The lowest BCUT2D eigenvalue weighted by atomic mass is 10.0. The number of phenols is 1. The van der Waals surface area contributed by atoms with Crippen molar-refractivity contribution < 1.29 is 33.0 Å². The molecule has 3 aromatic rings. The number of carbonyl (C=O) groups is 2. The molecule has 1 fully saturated rings. The molecule has 1 heterocycles. The largest absolute Gasteiger partial charge is 0.508 e. The molecule has 32 heavy (non-hydrogen) atoms. The summed E-state index contributed by atoms with van der Waals surface area (Å²) in [4.78, 5) is 26.1. The van der Waals surface area contributed by atoms with E-state index in [2.05, 4.69) is 5.32 Å². The van der Waals surface area contributed by atoms with E-state index >= 15 is 0 Å². The van der Waals surface area contributed by atoms with Gasteiger partial charge in [0.1, 0.15) is 30.0 Å². The summed E-state index contributed by atoms with van der Waals surface area (Å²) in [5, 5.41) is 12.1. The predicted molar refractivity (Wildman–Crippen MR) is 111 cm³/mol. The number of hydrogen-bond acceptors (Lipinski definition) is 5. The first-order valence-corrected chi connectivity index (χ1v) is 9.64. The van der Waals surface area contributed by atoms with E-state index in [0.29, 0.717) is 16.9 Å². The Kier molecular flexibility index (Phi) is 5.89. The van der Waals surface area contributed by atoms with Crippen molar-refractivity contribution in [3.63, 3.8) is 0 Å². The lowest BCUT2D eigenvalue weighted by molar-refractivity contribution is 0.0684. The minimum Gasteiger partial charge on any atom is -0.508 e. The zero-order valence-corrected chi connectivity index (χ0v) is 16.6. The summed E-state index contributed by atoms with van der Waals surface area (Å²) < 4.78 is 37.1. The molecule has 2 unspecified atom stereocenters. The summed E-state index contributed by atoms with van der Waals surface area (Å²) in [7, 11) is 0. The van der Waals surface area contributed by atoms with Crippen LogP contribution in [0.1, 0.15) is 11.6 Å².